The van der Waals surface area contributed by atoms with E-state index in [-0.39, 0.29) is 11.9 Å². The predicted octanol–water partition coefficient (Wildman–Crippen LogP) is 6.21. The number of ketones is 1. The molecule has 0 aliphatic carbocycles. The van der Waals surface area contributed by atoms with Gasteiger partial charge in [-0.25, -0.2) is 0 Å². The van der Waals surface area contributed by atoms with Crippen molar-refractivity contribution in [2.45, 2.75) is 39.3 Å². The zero-order valence-electron chi connectivity index (χ0n) is 16.9. The zero-order chi connectivity index (χ0) is 20.0. The lowest BCUT2D eigenvalue weighted by atomic mass is 9.94. The van der Waals surface area contributed by atoms with E-state index in [0.29, 0.717) is 0 Å². The average molecular weight is 383 g/mol. The summed E-state index contributed by atoms with van der Waals surface area (Å²) in [6.07, 6.45) is 2.34. The Morgan fingerprint density at radius 2 is 1.86 bits per heavy atom. The third-order valence-corrected chi connectivity index (χ3v) is 6.15. The minimum atomic E-state index is 0.0802. The fraction of sp³-hybridized carbons (Fsp3) is 0.269. The maximum atomic E-state index is 13.3. The molecule has 1 aliphatic rings. The van der Waals surface area contributed by atoms with Crippen molar-refractivity contribution >= 4 is 27.6 Å². The summed E-state index contributed by atoms with van der Waals surface area (Å²) >= 11 is 0. The van der Waals surface area contributed by atoms with Gasteiger partial charge in [0.2, 0.25) is 0 Å². The molecule has 3 nitrogen and oxygen atoms in total. The normalized spacial score (nSPS) is 16.7. The van der Waals surface area contributed by atoms with Gasteiger partial charge in [-0.05, 0) is 62.1 Å². The number of para-hydroxylation sites is 1. The minimum Gasteiger partial charge on any atom is -0.374 e. The van der Waals surface area contributed by atoms with Crippen LogP contribution in [0.2, 0.25) is 0 Å². The van der Waals surface area contributed by atoms with Crippen LogP contribution in [0.3, 0.4) is 0 Å². The molecule has 0 N–H and O–H groups in total. The van der Waals surface area contributed by atoms with Gasteiger partial charge in [-0.2, -0.15) is 0 Å². The van der Waals surface area contributed by atoms with Gasteiger partial charge >= 0.3 is 0 Å². The van der Waals surface area contributed by atoms with Crippen molar-refractivity contribution < 1.29 is 9.53 Å². The third kappa shape index (κ3) is 2.97. The molecule has 0 spiro atoms. The highest BCUT2D eigenvalue weighted by atomic mass is 16.5. The summed E-state index contributed by atoms with van der Waals surface area (Å²) in [5.74, 6) is 0.0802. The van der Waals surface area contributed by atoms with Gasteiger partial charge in [-0.3, -0.25) is 4.79 Å². The molecule has 1 fully saturated rings. The second kappa shape index (κ2) is 7.16. The number of carbonyl (C=O) groups excluding carboxylic acids is 1. The molecule has 1 unspecified atom stereocenters. The van der Waals surface area contributed by atoms with E-state index < -0.39 is 0 Å². The average Bonchev–Trinajstić information content (AvgIpc) is 3.39. The summed E-state index contributed by atoms with van der Waals surface area (Å²) in [5, 5.41) is 2.34. The Kier molecular flexibility index (Phi) is 4.48. The van der Waals surface area contributed by atoms with E-state index in [0.717, 1.165) is 48.1 Å². The van der Waals surface area contributed by atoms with E-state index in [4.69, 9.17) is 4.74 Å². The summed E-state index contributed by atoms with van der Waals surface area (Å²) in [5.41, 5.74) is 6.09. The fourth-order valence-corrected chi connectivity index (χ4v) is 4.67. The minimum absolute atomic E-state index is 0.0802. The second-order valence-electron chi connectivity index (χ2n) is 7.90. The van der Waals surface area contributed by atoms with Crippen molar-refractivity contribution in [1.29, 1.82) is 0 Å². The molecule has 2 heterocycles. The molecule has 146 valence electrons. The molecule has 0 saturated carbocycles. The summed E-state index contributed by atoms with van der Waals surface area (Å²) in [4.78, 5) is 13.3. The van der Waals surface area contributed by atoms with Crippen molar-refractivity contribution in [1.82, 2.24) is 4.57 Å². The van der Waals surface area contributed by atoms with Gasteiger partial charge in [0.1, 0.15) is 0 Å². The zero-order valence-corrected chi connectivity index (χ0v) is 16.9. The van der Waals surface area contributed by atoms with Crippen LogP contribution in [0.5, 0.6) is 0 Å². The van der Waals surface area contributed by atoms with Crippen LogP contribution in [0.4, 0.5) is 0 Å². The Labute approximate surface area is 170 Å². The van der Waals surface area contributed by atoms with Gasteiger partial charge in [-0.1, -0.05) is 36.4 Å². The van der Waals surface area contributed by atoms with Gasteiger partial charge in [0.15, 0.2) is 5.78 Å². The van der Waals surface area contributed by atoms with Crippen LogP contribution < -0.4 is 0 Å². The quantitative estimate of drug-likeness (QED) is 0.393. The molecule has 0 radical (unpaired) electrons. The molecule has 4 aromatic rings. The Bertz CT molecular complexity index is 1230. The van der Waals surface area contributed by atoms with Gasteiger partial charge in [0.05, 0.1) is 6.10 Å². The Morgan fingerprint density at radius 3 is 2.62 bits per heavy atom. The van der Waals surface area contributed by atoms with Crippen LogP contribution in [0.15, 0.2) is 60.7 Å². The molecule has 0 amide bonds. The van der Waals surface area contributed by atoms with Crippen molar-refractivity contribution in [2.75, 3.05) is 6.61 Å². The number of nitrogens with zero attached hydrogens (tertiary/aromatic N) is 1. The topological polar surface area (TPSA) is 31.2 Å². The van der Waals surface area contributed by atoms with Crippen LogP contribution in [0.25, 0.3) is 21.8 Å². The highest BCUT2D eigenvalue weighted by Gasteiger charge is 2.20. The van der Waals surface area contributed by atoms with E-state index in [2.05, 4.69) is 60.0 Å². The molecule has 3 aromatic carbocycles. The summed E-state index contributed by atoms with van der Waals surface area (Å²) in [6, 6.07) is 20.7. The first-order chi connectivity index (χ1) is 14.2. The lowest BCUT2D eigenvalue weighted by Crippen LogP contribution is -2.05. The number of fused-ring (bicyclic) bond motifs is 3. The highest BCUT2D eigenvalue weighted by molar-refractivity contribution is 6.15. The summed E-state index contributed by atoms with van der Waals surface area (Å²) < 4.78 is 8.10. The molecule has 29 heavy (non-hydrogen) atoms. The molecule has 3 heteroatoms. The molecule has 1 atom stereocenters. The Morgan fingerprint density at radius 1 is 1.03 bits per heavy atom. The fourth-order valence-electron chi connectivity index (χ4n) is 4.67. The maximum absolute atomic E-state index is 13.3. The van der Waals surface area contributed by atoms with E-state index in [1.54, 1.807) is 0 Å². The molecule has 5 rings (SSSR count). The van der Waals surface area contributed by atoms with Crippen molar-refractivity contribution in [3.63, 3.8) is 0 Å². The number of carbonyl (C=O) groups is 1. The smallest absolute Gasteiger partial charge is 0.193 e. The molecule has 1 aliphatic heterocycles. The van der Waals surface area contributed by atoms with Crippen LogP contribution in [0, 0.1) is 6.92 Å². The number of aromatic nitrogens is 1. The molecule has 0 bridgehead atoms. The molecule has 1 saturated heterocycles. The number of hydrogen-bond donors (Lipinski definition) is 0. The van der Waals surface area contributed by atoms with Crippen LogP contribution in [-0.2, 0) is 11.3 Å². The first kappa shape index (κ1) is 18.1. The summed E-state index contributed by atoms with van der Waals surface area (Å²) in [7, 11) is 0. The Hall–Kier alpha value is -2.91. The van der Waals surface area contributed by atoms with Gasteiger partial charge in [0, 0.05) is 46.1 Å². The predicted molar refractivity (Wildman–Crippen MR) is 118 cm³/mol. The second-order valence-corrected chi connectivity index (χ2v) is 7.90. The molecular formula is C26H25NO2. The lowest BCUT2D eigenvalue weighted by molar-refractivity contribution is 0.103. The lowest BCUT2D eigenvalue weighted by Gasteiger charge is -2.13. The standard InChI is InChI=1S/C26H25NO2/c1-3-27-23-8-5-4-7-21(23)22-16-19(11-13-24(22)27)26(28)20-12-10-18(15-17(20)2)25-9-6-14-29-25/h4-5,7-8,10-13,15-16,25H,3,6,9,14H2,1-2H3. The van der Waals surface area contributed by atoms with Crippen molar-refractivity contribution in [3.8, 4) is 0 Å². The first-order valence-corrected chi connectivity index (χ1v) is 10.4. The third-order valence-electron chi connectivity index (χ3n) is 6.15. The Balaban J connectivity index is 1.57. The van der Waals surface area contributed by atoms with Crippen molar-refractivity contribution in [2.24, 2.45) is 0 Å². The number of ether oxygens (including phenoxy) is 1. The van der Waals surface area contributed by atoms with E-state index in [1.165, 1.54) is 22.0 Å². The van der Waals surface area contributed by atoms with Crippen LogP contribution in [0.1, 0.15) is 52.9 Å². The van der Waals surface area contributed by atoms with Gasteiger partial charge in [-0.15, -0.1) is 0 Å². The largest absolute Gasteiger partial charge is 0.374 e. The van der Waals surface area contributed by atoms with E-state index >= 15 is 0 Å². The number of rotatable bonds is 4. The SMILES string of the molecule is CCn1c2ccccc2c2cc(C(=O)c3ccc(C4CCCO4)cc3C)ccc21. The maximum Gasteiger partial charge on any atom is 0.193 e. The van der Waals surface area contributed by atoms with E-state index in [1.807, 2.05) is 19.1 Å². The van der Waals surface area contributed by atoms with Gasteiger partial charge < -0.3 is 9.30 Å². The van der Waals surface area contributed by atoms with Gasteiger partial charge in [0.25, 0.3) is 0 Å². The van der Waals surface area contributed by atoms with Crippen LogP contribution in [-0.4, -0.2) is 17.0 Å². The first-order valence-electron chi connectivity index (χ1n) is 10.4. The van der Waals surface area contributed by atoms with E-state index in [9.17, 15) is 4.79 Å². The summed E-state index contributed by atoms with van der Waals surface area (Å²) in [6.45, 7) is 5.91. The number of hydrogen-bond acceptors (Lipinski definition) is 2. The number of benzene rings is 3. The molecule has 1 aromatic heterocycles. The number of aryl methyl sites for hydroxylation is 2. The van der Waals surface area contributed by atoms with Crippen LogP contribution >= 0.6 is 0 Å². The van der Waals surface area contributed by atoms with Crippen molar-refractivity contribution in [3.05, 3.63) is 82.9 Å². The highest BCUT2D eigenvalue weighted by Crippen LogP contribution is 2.32. The monoisotopic (exact) mass is 383 g/mol. The molecular weight excluding hydrogens is 358 g/mol.